The summed E-state index contributed by atoms with van der Waals surface area (Å²) in [6.45, 7) is 11.1. The van der Waals surface area contributed by atoms with E-state index in [-0.39, 0.29) is 0 Å². The van der Waals surface area contributed by atoms with E-state index in [1.807, 2.05) is 13.8 Å². The molecule has 0 saturated heterocycles. The quantitative estimate of drug-likeness (QED) is 0.543. The molecule has 0 amide bonds. The molecule has 0 heterocycles. The summed E-state index contributed by atoms with van der Waals surface area (Å²) in [7, 11) is 0. The first-order valence-electron chi connectivity index (χ1n) is 5.74. The van der Waals surface area contributed by atoms with Crippen molar-refractivity contribution in [3.8, 4) is 0 Å². The van der Waals surface area contributed by atoms with Crippen LogP contribution in [0.15, 0.2) is 0 Å². The summed E-state index contributed by atoms with van der Waals surface area (Å²) in [6, 6.07) is 0. The van der Waals surface area contributed by atoms with Gasteiger partial charge in [0.2, 0.25) is 0 Å². The summed E-state index contributed by atoms with van der Waals surface area (Å²) in [5.41, 5.74) is 0. The minimum absolute atomic E-state index is 1.00. The molecule has 0 radical (unpaired) electrons. The van der Waals surface area contributed by atoms with Gasteiger partial charge < -0.3 is 0 Å². The normalized spacial score (nSPS) is 35.2. The second-order valence-corrected chi connectivity index (χ2v) is 4.06. The van der Waals surface area contributed by atoms with Crippen molar-refractivity contribution in [3.05, 3.63) is 0 Å². The van der Waals surface area contributed by atoms with Crippen LogP contribution >= 0.6 is 0 Å². The lowest BCUT2D eigenvalue weighted by atomic mass is 9.74. The van der Waals surface area contributed by atoms with Gasteiger partial charge in [-0.1, -0.05) is 53.9 Å². The van der Waals surface area contributed by atoms with Crippen LogP contribution in [0.2, 0.25) is 0 Å². The minimum Gasteiger partial charge on any atom is -0.0683 e. The maximum Gasteiger partial charge on any atom is -0.0389 e. The van der Waals surface area contributed by atoms with Gasteiger partial charge in [0.15, 0.2) is 0 Å². The van der Waals surface area contributed by atoms with E-state index in [0.717, 1.165) is 17.8 Å². The molecule has 0 aromatic heterocycles. The van der Waals surface area contributed by atoms with Crippen molar-refractivity contribution in [2.24, 2.45) is 17.8 Å². The lowest BCUT2D eigenvalue weighted by molar-refractivity contribution is 0.198. The van der Waals surface area contributed by atoms with Crippen LogP contribution in [-0.2, 0) is 0 Å². The molecule has 0 aromatic rings. The second kappa shape index (κ2) is 6.51. The van der Waals surface area contributed by atoms with Gasteiger partial charge >= 0.3 is 0 Å². The second-order valence-electron chi connectivity index (χ2n) is 4.06. The summed E-state index contributed by atoms with van der Waals surface area (Å²) in [6.07, 6.45) is 5.82. The molecule has 0 aliphatic heterocycles. The van der Waals surface area contributed by atoms with Crippen LogP contribution < -0.4 is 0 Å². The van der Waals surface area contributed by atoms with Crippen LogP contribution in [0, 0.1) is 17.8 Å². The predicted molar refractivity (Wildman–Crippen MR) is 57.3 cm³/mol. The molecule has 0 heteroatoms. The first kappa shape index (κ1) is 12.0. The fourth-order valence-electron chi connectivity index (χ4n) is 2.22. The number of rotatable bonds is 1. The maximum absolute atomic E-state index is 2.42. The van der Waals surface area contributed by atoms with Gasteiger partial charge in [0.1, 0.15) is 0 Å². The van der Waals surface area contributed by atoms with Crippen LogP contribution in [0.4, 0.5) is 0 Å². The molecule has 0 aromatic carbocycles. The van der Waals surface area contributed by atoms with Gasteiger partial charge in [-0.2, -0.15) is 0 Å². The summed E-state index contributed by atoms with van der Waals surface area (Å²) in [4.78, 5) is 0. The number of hydrogen-bond acceptors (Lipinski definition) is 0. The van der Waals surface area contributed by atoms with Crippen molar-refractivity contribution in [1.29, 1.82) is 0 Å². The van der Waals surface area contributed by atoms with E-state index in [1.165, 1.54) is 25.7 Å². The third-order valence-corrected chi connectivity index (χ3v) is 3.15. The Morgan fingerprint density at radius 3 is 2.08 bits per heavy atom. The topological polar surface area (TPSA) is 0 Å². The largest absolute Gasteiger partial charge is 0.0683 e. The average Bonchev–Trinajstić information content (AvgIpc) is 2.13. The summed E-state index contributed by atoms with van der Waals surface area (Å²) in [5.74, 6) is 3.03. The van der Waals surface area contributed by atoms with Gasteiger partial charge in [-0.05, 0) is 24.2 Å². The predicted octanol–water partition coefficient (Wildman–Crippen LogP) is 4.49. The fourth-order valence-corrected chi connectivity index (χ4v) is 2.22. The molecule has 12 heavy (non-hydrogen) atoms. The minimum atomic E-state index is 1.00. The van der Waals surface area contributed by atoms with E-state index < -0.39 is 0 Å². The smallest absolute Gasteiger partial charge is 0.0389 e. The molecule has 3 atom stereocenters. The van der Waals surface area contributed by atoms with Gasteiger partial charge in [0.05, 0.1) is 0 Å². The summed E-state index contributed by atoms with van der Waals surface area (Å²) >= 11 is 0. The molecule has 1 aliphatic carbocycles. The fraction of sp³-hybridized carbons (Fsp3) is 1.00. The summed E-state index contributed by atoms with van der Waals surface area (Å²) in [5, 5.41) is 0. The van der Waals surface area contributed by atoms with Crippen LogP contribution in [0.25, 0.3) is 0 Å². The summed E-state index contributed by atoms with van der Waals surface area (Å²) < 4.78 is 0. The first-order chi connectivity index (χ1) is 5.74. The molecule has 1 saturated carbocycles. The zero-order valence-corrected chi connectivity index (χ0v) is 9.56. The highest BCUT2D eigenvalue weighted by Crippen LogP contribution is 2.34. The van der Waals surface area contributed by atoms with Crippen LogP contribution in [-0.4, -0.2) is 0 Å². The van der Waals surface area contributed by atoms with Crippen molar-refractivity contribution in [1.82, 2.24) is 0 Å². The first-order valence-corrected chi connectivity index (χ1v) is 5.74. The van der Waals surface area contributed by atoms with E-state index in [9.17, 15) is 0 Å². The van der Waals surface area contributed by atoms with E-state index in [4.69, 9.17) is 0 Å². The molecule has 0 N–H and O–H groups in total. The molecule has 0 bridgehead atoms. The third kappa shape index (κ3) is 3.60. The van der Waals surface area contributed by atoms with E-state index >= 15 is 0 Å². The Balaban J connectivity index is 0.000000561. The maximum atomic E-state index is 2.42. The number of hydrogen-bond donors (Lipinski definition) is 0. The molecule has 3 unspecified atom stereocenters. The Bertz CT molecular complexity index is 96.2. The zero-order chi connectivity index (χ0) is 9.56. The van der Waals surface area contributed by atoms with Gasteiger partial charge in [0, 0.05) is 0 Å². The Labute approximate surface area is 78.8 Å². The third-order valence-electron chi connectivity index (χ3n) is 3.15. The van der Waals surface area contributed by atoms with E-state index in [1.54, 1.807) is 0 Å². The van der Waals surface area contributed by atoms with Crippen molar-refractivity contribution in [2.75, 3.05) is 0 Å². The molecule has 0 nitrogen and oxygen atoms in total. The molecule has 1 aliphatic rings. The van der Waals surface area contributed by atoms with Gasteiger partial charge in [-0.25, -0.2) is 0 Å². The average molecular weight is 170 g/mol. The highest BCUT2D eigenvalue weighted by molar-refractivity contribution is 4.74. The molecule has 74 valence electrons. The highest BCUT2D eigenvalue weighted by Gasteiger charge is 2.23. The Hall–Kier alpha value is 0. The van der Waals surface area contributed by atoms with E-state index in [2.05, 4.69) is 20.8 Å². The van der Waals surface area contributed by atoms with Crippen LogP contribution in [0.1, 0.15) is 60.3 Å². The SMILES string of the molecule is CC.CCC1CC(C)CCC1C. The monoisotopic (exact) mass is 170 g/mol. The lowest BCUT2D eigenvalue weighted by Gasteiger charge is -2.31. The van der Waals surface area contributed by atoms with Crippen LogP contribution in [0.5, 0.6) is 0 Å². The van der Waals surface area contributed by atoms with Crippen molar-refractivity contribution < 1.29 is 0 Å². The van der Waals surface area contributed by atoms with Gasteiger partial charge in [-0.3, -0.25) is 0 Å². The van der Waals surface area contributed by atoms with Crippen molar-refractivity contribution in [3.63, 3.8) is 0 Å². The van der Waals surface area contributed by atoms with Crippen molar-refractivity contribution >= 4 is 0 Å². The van der Waals surface area contributed by atoms with Gasteiger partial charge in [-0.15, -0.1) is 0 Å². The molecular weight excluding hydrogens is 144 g/mol. The van der Waals surface area contributed by atoms with E-state index in [0.29, 0.717) is 0 Å². The van der Waals surface area contributed by atoms with Gasteiger partial charge in [0.25, 0.3) is 0 Å². The lowest BCUT2D eigenvalue weighted by Crippen LogP contribution is -2.20. The van der Waals surface area contributed by atoms with Crippen molar-refractivity contribution in [2.45, 2.75) is 60.3 Å². The van der Waals surface area contributed by atoms with Crippen LogP contribution in [0.3, 0.4) is 0 Å². The molecular formula is C12H26. The molecule has 0 spiro atoms. The molecule has 1 rings (SSSR count). The standard InChI is InChI=1S/C10H20.C2H6/c1-4-10-7-8(2)5-6-9(10)3;1-2/h8-10H,4-7H2,1-3H3;1-2H3. The Kier molecular flexibility index (Phi) is 6.51. The molecule has 1 fully saturated rings. The Morgan fingerprint density at radius 1 is 1.08 bits per heavy atom. The zero-order valence-electron chi connectivity index (χ0n) is 9.56. The highest BCUT2D eigenvalue weighted by atomic mass is 14.3. The Morgan fingerprint density at radius 2 is 1.67 bits per heavy atom.